The zero-order valence-corrected chi connectivity index (χ0v) is 11.2. The fourth-order valence-corrected chi connectivity index (χ4v) is 3.41. The monoisotopic (exact) mass is 275 g/mol. The van der Waals surface area contributed by atoms with Gasteiger partial charge in [0.2, 0.25) is 5.91 Å². The van der Waals surface area contributed by atoms with Crippen LogP contribution in [0.5, 0.6) is 0 Å². The summed E-state index contributed by atoms with van der Waals surface area (Å²) in [6.07, 6.45) is 7.09. The van der Waals surface area contributed by atoms with Gasteiger partial charge in [0, 0.05) is 5.56 Å². The first-order chi connectivity index (χ1) is 9.61. The summed E-state index contributed by atoms with van der Waals surface area (Å²) < 4.78 is 0. The second-order valence-corrected chi connectivity index (χ2v) is 5.45. The van der Waals surface area contributed by atoms with Gasteiger partial charge in [0.1, 0.15) is 5.82 Å². The molecule has 1 fully saturated rings. The molecule has 4 atom stereocenters. The molecule has 1 amide bonds. The second-order valence-electron chi connectivity index (χ2n) is 5.45. The van der Waals surface area contributed by atoms with E-state index >= 15 is 0 Å². The minimum atomic E-state index is -0.887. The number of hydrogen-bond acceptors (Lipinski definition) is 3. The number of carboxylic acids is 1. The maximum absolute atomic E-state index is 12.4. The number of rotatable bonds is 4. The highest BCUT2D eigenvalue weighted by Crippen LogP contribution is 2.48. The van der Waals surface area contributed by atoms with Crippen molar-refractivity contribution in [3.05, 3.63) is 23.9 Å². The van der Waals surface area contributed by atoms with E-state index in [9.17, 15) is 14.7 Å². The van der Waals surface area contributed by atoms with E-state index in [-0.39, 0.29) is 17.7 Å². The number of nitrogens with one attached hydrogen (secondary N) is 2. The van der Waals surface area contributed by atoms with Gasteiger partial charge in [-0.15, -0.1) is 0 Å². The van der Waals surface area contributed by atoms with E-state index in [0.717, 1.165) is 18.4 Å². The molecule has 1 aromatic rings. The zero-order chi connectivity index (χ0) is 14.3. The molecule has 20 heavy (non-hydrogen) atoms. The van der Waals surface area contributed by atoms with E-state index in [1.54, 1.807) is 6.20 Å². The van der Waals surface area contributed by atoms with Crippen molar-refractivity contribution in [1.82, 2.24) is 10.2 Å². The fourth-order valence-electron chi connectivity index (χ4n) is 3.41. The number of carboxylic acid groups (broad SMARTS) is 1. The molecule has 3 rings (SSSR count). The number of aromatic nitrogens is 2. The first kappa shape index (κ1) is 12.9. The molecular formula is C14H17N3O3. The van der Waals surface area contributed by atoms with E-state index in [2.05, 4.69) is 15.5 Å². The molecule has 1 heterocycles. The van der Waals surface area contributed by atoms with Crippen molar-refractivity contribution in [2.75, 3.05) is 5.32 Å². The molecule has 6 heteroatoms. The van der Waals surface area contributed by atoms with Crippen molar-refractivity contribution in [1.29, 1.82) is 0 Å². The lowest BCUT2D eigenvalue weighted by Crippen LogP contribution is -2.36. The number of amides is 1. The van der Waals surface area contributed by atoms with Crippen LogP contribution >= 0.6 is 0 Å². The Morgan fingerprint density at radius 2 is 2.10 bits per heavy atom. The van der Waals surface area contributed by atoms with Crippen LogP contribution in [0.1, 0.15) is 18.9 Å². The number of carbonyl (C=O) groups excluding carboxylic acids is 1. The van der Waals surface area contributed by atoms with Gasteiger partial charge in [-0.3, -0.25) is 14.7 Å². The van der Waals surface area contributed by atoms with Gasteiger partial charge in [0.05, 0.1) is 18.0 Å². The van der Waals surface area contributed by atoms with Crippen LogP contribution in [0.4, 0.5) is 5.82 Å². The van der Waals surface area contributed by atoms with E-state index in [4.69, 9.17) is 0 Å². The molecule has 0 saturated heterocycles. The Labute approximate surface area is 116 Å². The number of nitrogens with zero attached hydrogens (tertiary/aromatic N) is 1. The van der Waals surface area contributed by atoms with Crippen molar-refractivity contribution >= 4 is 17.7 Å². The molecule has 3 N–H and O–H groups in total. The van der Waals surface area contributed by atoms with Gasteiger partial charge in [0.15, 0.2) is 0 Å². The second kappa shape index (κ2) is 4.77. The van der Waals surface area contributed by atoms with Crippen molar-refractivity contribution < 1.29 is 14.7 Å². The summed E-state index contributed by atoms with van der Waals surface area (Å²) >= 11 is 0. The third-order valence-electron chi connectivity index (χ3n) is 4.39. The van der Waals surface area contributed by atoms with Gasteiger partial charge < -0.3 is 10.4 Å². The number of aliphatic carboxylic acids is 1. The lowest BCUT2D eigenvalue weighted by atomic mass is 9.82. The molecule has 0 aromatic carbocycles. The normalized spacial score (nSPS) is 30.6. The Hall–Kier alpha value is -2.11. The SMILES string of the molecule is CCc1cn[nH]c1NC(=O)C1C2C=CC(C2)C1C(=O)O. The Morgan fingerprint density at radius 1 is 1.40 bits per heavy atom. The van der Waals surface area contributed by atoms with Gasteiger partial charge in [-0.25, -0.2) is 0 Å². The number of aryl methyl sites for hydroxylation is 1. The number of fused-ring (bicyclic) bond motifs is 2. The van der Waals surface area contributed by atoms with Gasteiger partial charge in [-0.2, -0.15) is 5.10 Å². The molecule has 0 aliphatic heterocycles. The molecule has 1 aromatic heterocycles. The molecule has 4 unspecified atom stereocenters. The highest BCUT2D eigenvalue weighted by molar-refractivity contribution is 5.96. The minimum absolute atomic E-state index is 0.0133. The van der Waals surface area contributed by atoms with Crippen LogP contribution in [0.3, 0.4) is 0 Å². The highest BCUT2D eigenvalue weighted by atomic mass is 16.4. The van der Waals surface area contributed by atoms with Crippen molar-refractivity contribution in [3.63, 3.8) is 0 Å². The molecule has 2 aliphatic rings. The summed E-state index contributed by atoms with van der Waals surface area (Å²) in [7, 11) is 0. The maximum Gasteiger partial charge on any atom is 0.307 e. The Balaban J connectivity index is 1.80. The van der Waals surface area contributed by atoms with E-state index < -0.39 is 17.8 Å². The number of H-pyrrole nitrogens is 1. The maximum atomic E-state index is 12.4. The first-order valence-electron chi connectivity index (χ1n) is 6.86. The van der Waals surface area contributed by atoms with Crippen LogP contribution in [-0.4, -0.2) is 27.2 Å². The van der Waals surface area contributed by atoms with Crippen LogP contribution in [-0.2, 0) is 16.0 Å². The quantitative estimate of drug-likeness (QED) is 0.724. The van der Waals surface area contributed by atoms with Crippen molar-refractivity contribution in [2.24, 2.45) is 23.7 Å². The standard InChI is InChI=1S/C14H17N3O3/c1-2-7-6-15-17-12(7)16-13(18)10-8-3-4-9(5-8)11(10)14(19)20/h3-4,6,8-11H,2,5H2,1H3,(H,19,20)(H2,15,16,17,18). The third-order valence-corrected chi connectivity index (χ3v) is 4.39. The summed E-state index contributed by atoms with van der Waals surface area (Å²) in [4.78, 5) is 23.8. The number of carbonyl (C=O) groups is 2. The molecule has 0 radical (unpaired) electrons. The topological polar surface area (TPSA) is 95.1 Å². The van der Waals surface area contributed by atoms with E-state index in [1.165, 1.54) is 0 Å². The van der Waals surface area contributed by atoms with Crippen molar-refractivity contribution in [3.8, 4) is 0 Å². The fraction of sp³-hybridized carbons (Fsp3) is 0.500. The Kier molecular flexibility index (Phi) is 3.08. The number of hydrogen-bond donors (Lipinski definition) is 3. The van der Waals surface area contributed by atoms with Crippen LogP contribution in [0.2, 0.25) is 0 Å². The van der Waals surface area contributed by atoms with Gasteiger partial charge >= 0.3 is 5.97 Å². The zero-order valence-electron chi connectivity index (χ0n) is 11.2. The van der Waals surface area contributed by atoms with Gasteiger partial charge in [-0.05, 0) is 24.7 Å². The third kappa shape index (κ3) is 1.92. The Morgan fingerprint density at radius 3 is 2.75 bits per heavy atom. The van der Waals surface area contributed by atoms with Crippen LogP contribution in [0.15, 0.2) is 18.3 Å². The predicted octanol–water partition coefficient (Wildman–Crippen LogP) is 1.43. The predicted molar refractivity (Wildman–Crippen MR) is 71.9 cm³/mol. The largest absolute Gasteiger partial charge is 0.481 e. The summed E-state index contributed by atoms with van der Waals surface area (Å²) in [6, 6.07) is 0. The summed E-state index contributed by atoms with van der Waals surface area (Å²) in [6.45, 7) is 1.97. The van der Waals surface area contributed by atoms with Crippen LogP contribution in [0, 0.1) is 23.7 Å². The number of anilines is 1. The number of aromatic amines is 1. The lowest BCUT2D eigenvalue weighted by molar-refractivity contribution is -0.146. The summed E-state index contributed by atoms with van der Waals surface area (Å²) in [5.41, 5.74) is 0.920. The first-order valence-corrected chi connectivity index (χ1v) is 6.86. The lowest BCUT2D eigenvalue weighted by Gasteiger charge is -2.23. The van der Waals surface area contributed by atoms with Crippen LogP contribution < -0.4 is 5.32 Å². The molecule has 1 saturated carbocycles. The van der Waals surface area contributed by atoms with Crippen LogP contribution in [0.25, 0.3) is 0 Å². The average Bonchev–Trinajstić information content (AvgIpc) is 3.12. The van der Waals surface area contributed by atoms with Crippen molar-refractivity contribution in [2.45, 2.75) is 19.8 Å². The molecule has 2 bridgehead atoms. The summed E-state index contributed by atoms with van der Waals surface area (Å²) in [5, 5.41) is 18.8. The molecule has 106 valence electrons. The minimum Gasteiger partial charge on any atom is -0.481 e. The highest BCUT2D eigenvalue weighted by Gasteiger charge is 2.51. The molecule has 0 spiro atoms. The molecule has 2 aliphatic carbocycles. The molecular weight excluding hydrogens is 258 g/mol. The average molecular weight is 275 g/mol. The molecule has 6 nitrogen and oxygen atoms in total. The number of allylic oxidation sites excluding steroid dienone is 2. The van der Waals surface area contributed by atoms with E-state index in [1.807, 2.05) is 19.1 Å². The van der Waals surface area contributed by atoms with E-state index in [0.29, 0.717) is 5.82 Å². The smallest absolute Gasteiger partial charge is 0.307 e. The van der Waals surface area contributed by atoms with Gasteiger partial charge in [-0.1, -0.05) is 19.1 Å². The summed E-state index contributed by atoms with van der Waals surface area (Å²) in [5.74, 6) is -1.62. The Bertz CT molecular complexity index is 578. The van der Waals surface area contributed by atoms with Gasteiger partial charge in [0.25, 0.3) is 0 Å².